The van der Waals surface area contributed by atoms with Gasteiger partial charge in [0, 0.05) is 25.7 Å². The maximum absolute atomic E-state index is 13.0. The highest BCUT2D eigenvalue weighted by Crippen LogP contribution is 2.45. The molecule has 0 spiro atoms. The predicted octanol–water partition coefficient (Wildman–Crippen LogP) is 17.4. The van der Waals surface area contributed by atoms with Crippen LogP contribution in [0.4, 0.5) is 0 Å². The van der Waals surface area contributed by atoms with Crippen LogP contribution in [0, 0.1) is 17.8 Å². The third-order valence-electron chi connectivity index (χ3n) is 15.0. The maximum atomic E-state index is 13.0. The Labute approximate surface area is 510 Å². The van der Waals surface area contributed by atoms with Gasteiger partial charge in [-0.1, -0.05) is 240 Å². The summed E-state index contributed by atoms with van der Waals surface area (Å²) in [5.41, 5.74) is 0. The van der Waals surface area contributed by atoms with Crippen LogP contribution in [0.25, 0.3) is 0 Å². The Hall–Kier alpha value is -2.46. The van der Waals surface area contributed by atoms with Gasteiger partial charge in [-0.2, -0.15) is 0 Å². The standard InChI is InChI=1S/C65H122O17P2/c1-8-11-12-13-14-15-16-17-18-19-20-21-22-34-41-48-64(69)81-60(52-75-62(67)46-39-32-27-24-30-37-44-57(6)9-2)54-79-83(71,72)77-50-59(66)51-78-84(73,74)80-55-61(82-65(70)49-42-35-26-23-29-36-43-56(4)5)53-76-63(68)47-40-33-28-25-31-38-45-58(7)10-3/h15-18,56-61,66H,8-14,19-55H2,1-7H3,(H,71,72)(H,73,74)/b16-15-,18-17-/t57?,58?,59-,60+,61+/m0/s1. The molecule has 0 aromatic carbocycles. The molecule has 0 bridgehead atoms. The van der Waals surface area contributed by atoms with E-state index in [2.05, 4.69) is 72.8 Å². The summed E-state index contributed by atoms with van der Waals surface area (Å²) in [6, 6.07) is 0. The third-order valence-corrected chi connectivity index (χ3v) is 16.9. The van der Waals surface area contributed by atoms with Gasteiger partial charge >= 0.3 is 39.5 Å². The summed E-state index contributed by atoms with van der Waals surface area (Å²) in [6.07, 6.45) is 40.0. The Morgan fingerprint density at radius 1 is 0.393 bits per heavy atom. The lowest BCUT2D eigenvalue weighted by molar-refractivity contribution is -0.161. The van der Waals surface area contributed by atoms with Crippen molar-refractivity contribution in [3.63, 3.8) is 0 Å². The fourth-order valence-electron chi connectivity index (χ4n) is 9.05. The molecule has 494 valence electrons. The summed E-state index contributed by atoms with van der Waals surface area (Å²) in [7, 11) is -9.90. The minimum absolute atomic E-state index is 0.0833. The van der Waals surface area contributed by atoms with Crippen molar-refractivity contribution in [2.75, 3.05) is 39.6 Å². The van der Waals surface area contributed by atoms with Gasteiger partial charge in [-0.3, -0.25) is 37.3 Å². The van der Waals surface area contributed by atoms with E-state index in [1.165, 1.54) is 77.0 Å². The Bertz CT molecular complexity index is 1760. The molecule has 0 rings (SSSR count). The monoisotopic (exact) mass is 1240 g/mol. The van der Waals surface area contributed by atoms with Gasteiger partial charge in [0.1, 0.15) is 19.3 Å². The molecular weight excluding hydrogens is 1110 g/mol. The summed E-state index contributed by atoms with van der Waals surface area (Å²) in [4.78, 5) is 72.2. The van der Waals surface area contributed by atoms with Crippen LogP contribution >= 0.6 is 15.6 Å². The number of carbonyl (C=O) groups is 4. The van der Waals surface area contributed by atoms with Gasteiger partial charge in [0.15, 0.2) is 12.2 Å². The van der Waals surface area contributed by atoms with Crippen LogP contribution in [0.3, 0.4) is 0 Å². The molecule has 0 aliphatic carbocycles. The van der Waals surface area contributed by atoms with E-state index in [-0.39, 0.29) is 25.7 Å². The number of aliphatic hydroxyl groups excluding tert-OH is 1. The SMILES string of the molecule is CCCCCC/C=C\C=C/CCCCCCCC(=O)O[C@H](COC(=O)CCCCCCCCC(C)CC)COP(=O)(O)OC[C@H](O)COP(=O)(O)OC[C@@H](COC(=O)CCCCCCCCC(C)CC)OC(=O)CCCCCCCCC(C)C. The van der Waals surface area contributed by atoms with Gasteiger partial charge in [-0.15, -0.1) is 0 Å². The summed E-state index contributed by atoms with van der Waals surface area (Å²) < 4.78 is 67.9. The van der Waals surface area contributed by atoms with Crippen molar-refractivity contribution >= 4 is 39.5 Å². The summed E-state index contributed by atoms with van der Waals surface area (Å²) in [5.74, 6) is -0.0475. The number of hydrogen-bond donors (Lipinski definition) is 3. The number of phosphoric acid groups is 2. The molecule has 84 heavy (non-hydrogen) atoms. The van der Waals surface area contributed by atoms with Gasteiger partial charge in [-0.05, 0) is 69.1 Å². The van der Waals surface area contributed by atoms with Crippen LogP contribution < -0.4 is 0 Å². The molecule has 0 aliphatic rings. The molecule has 4 unspecified atom stereocenters. The summed E-state index contributed by atoms with van der Waals surface area (Å²) in [6.45, 7) is 11.6. The van der Waals surface area contributed by atoms with E-state index in [0.717, 1.165) is 127 Å². The molecule has 0 aliphatic heterocycles. The first-order chi connectivity index (χ1) is 40.3. The molecule has 0 fully saturated rings. The number of phosphoric ester groups is 2. The van der Waals surface area contributed by atoms with Gasteiger partial charge in [0.05, 0.1) is 26.4 Å². The average Bonchev–Trinajstić information content (AvgIpc) is 3.59. The zero-order valence-corrected chi connectivity index (χ0v) is 55.6. The average molecular weight is 1240 g/mol. The molecule has 3 N–H and O–H groups in total. The van der Waals surface area contributed by atoms with E-state index in [9.17, 15) is 43.2 Å². The Morgan fingerprint density at radius 3 is 1.06 bits per heavy atom. The highest BCUT2D eigenvalue weighted by molar-refractivity contribution is 7.47. The van der Waals surface area contributed by atoms with E-state index < -0.39 is 97.5 Å². The number of allylic oxidation sites excluding steroid dienone is 4. The molecule has 0 saturated heterocycles. The first kappa shape index (κ1) is 81.5. The molecule has 19 heteroatoms. The summed E-state index contributed by atoms with van der Waals surface area (Å²) >= 11 is 0. The normalized spacial score (nSPS) is 15.2. The second kappa shape index (κ2) is 55.8. The van der Waals surface area contributed by atoms with E-state index in [1.807, 2.05) is 0 Å². The van der Waals surface area contributed by atoms with Gasteiger partial charge in [-0.25, -0.2) is 9.13 Å². The number of rotatable bonds is 61. The maximum Gasteiger partial charge on any atom is 0.472 e. The molecule has 0 aromatic rings. The minimum atomic E-state index is -4.95. The first-order valence-corrected chi connectivity index (χ1v) is 36.2. The molecule has 7 atom stereocenters. The second-order valence-corrected chi connectivity index (χ2v) is 26.7. The topological polar surface area (TPSA) is 237 Å². The van der Waals surface area contributed by atoms with Crippen molar-refractivity contribution in [2.45, 2.75) is 311 Å². The lowest BCUT2D eigenvalue weighted by Gasteiger charge is -2.21. The van der Waals surface area contributed by atoms with Crippen molar-refractivity contribution in [1.29, 1.82) is 0 Å². The zero-order chi connectivity index (χ0) is 62.4. The number of esters is 4. The van der Waals surface area contributed by atoms with Crippen LogP contribution in [0.1, 0.15) is 292 Å². The lowest BCUT2D eigenvalue weighted by Crippen LogP contribution is -2.30. The van der Waals surface area contributed by atoms with E-state index >= 15 is 0 Å². The fraction of sp³-hybridized carbons (Fsp3) is 0.877. The molecule has 17 nitrogen and oxygen atoms in total. The van der Waals surface area contributed by atoms with Crippen molar-refractivity contribution < 1.29 is 80.2 Å². The predicted molar refractivity (Wildman–Crippen MR) is 335 cm³/mol. The van der Waals surface area contributed by atoms with Crippen molar-refractivity contribution in [3.8, 4) is 0 Å². The van der Waals surface area contributed by atoms with E-state index in [4.69, 9.17) is 37.0 Å². The van der Waals surface area contributed by atoms with Crippen molar-refractivity contribution in [1.82, 2.24) is 0 Å². The molecule has 0 heterocycles. The molecule has 0 aromatic heterocycles. The fourth-order valence-corrected chi connectivity index (χ4v) is 10.6. The third kappa shape index (κ3) is 56.1. The minimum Gasteiger partial charge on any atom is -0.462 e. The van der Waals surface area contributed by atoms with Crippen LogP contribution in [0.2, 0.25) is 0 Å². The second-order valence-electron chi connectivity index (χ2n) is 23.8. The van der Waals surface area contributed by atoms with Crippen LogP contribution in [-0.4, -0.2) is 96.7 Å². The van der Waals surface area contributed by atoms with Gasteiger partial charge in [0.25, 0.3) is 0 Å². The number of unbranched alkanes of at least 4 members (excludes halogenated alkanes) is 24. The zero-order valence-electron chi connectivity index (χ0n) is 53.8. The molecule has 0 radical (unpaired) electrons. The van der Waals surface area contributed by atoms with Crippen molar-refractivity contribution in [2.24, 2.45) is 17.8 Å². The molecule has 0 amide bonds. The smallest absolute Gasteiger partial charge is 0.462 e. The van der Waals surface area contributed by atoms with Crippen LogP contribution in [0.5, 0.6) is 0 Å². The largest absolute Gasteiger partial charge is 0.472 e. The summed E-state index contributed by atoms with van der Waals surface area (Å²) in [5, 5.41) is 10.5. The quantitative estimate of drug-likeness (QED) is 0.0169. The van der Waals surface area contributed by atoms with E-state index in [1.54, 1.807) is 0 Å². The molecule has 0 saturated carbocycles. The van der Waals surface area contributed by atoms with Crippen LogP contribution in [-0.2, 0) is 65.4 Å². The first-order valence-electron chi connectivity index (χ1n) is 33.2. The van der Waals surface area contributed by atoms with Crippen LogP contribution in [0.15, 0.2) is 24.3 Å². The highest BCUT2D eigenvalue weighted by Gasteiger charge is 2.30. The number of ether oxygens (including phenoxy) is 4. The number of aliphatic hydroxyl groups is 1. The van der Waals surface area contributed by atoms with Gasteiger partial charge in [0.2, 0.25) is 0 Å². The highest BCUT2D eigenvalue weighted by atomic mass is 31.2. The van der Waals surface area contributed by atoms with Gasteiger partial charge < -0.3 is 33.8 Å². The lowest BCUT2D eigenvalue weighted by atomic mass is 10.00. The Kier molecular flexibility index (Phi) is 54.2. The Balaban J connectivity index is 5.28. The van der Waals surface area contributed by atoms with E-state index in [0.29, 0.717) is 31.6 Å². The molecular formula is C65H122O17P2. The number of hydrogen-bond acceptors (Lipinski definition) is 15. The van der Waals surface area contributed by atoms with Crippen molar-refractivity contribution in [3.05, 3.63) is 24.3 Å². The Morgan fingerprint density at radius 2 is 0.702 bits per heavy atom. The number of carbonyl (C=O) groups excluding carboxylic acids is 4.